The van der Waals surface area contributed by atoms with E-state index >= 15 is 0 Å². The van der Waals surface area contributed by atoms with E-state index in [2.05, 4.69) is 39.2 Å². The Labute approximate surface area is 140 Å². The number of β-lactam (4-membered cyclic amide) rings is 1. The van der Waals surface area contributed by atoms with Gasteiger partial charge < -0.3 is 14.5 Å². The van der Waals surface area contributed by atoms with Crippen LogP contribution in [0.1, 0.15) is 33.3 Å². The predicted molar refractivity (Wildman–Crippen MR) is 94.4 cm³/mol. The maximum absolute atomic E-state index is 12.0. The van der Waals surface area contributed by atoms with E-state index < -0.39 is 8.32 Å². The van der Waals surface area contributed by atoms with Gasteiger partial charge in [0.25, 0.3) is 0 Å². The summed E-state index contributed by atoms with van der Waals surface area (Å²) in [5.41, 5.74) is 1.10. The Balaban J connectivity index is 1.93. The zero-order valence-electron chi connectivity index (χ0n) is 15.1. The van der Waals surface area contributed by atoms with Crippen molar-refractivity contribution in [3.63, 3.8) is 0 Å². The molecular weight excluding hydrogens is 306 g/mol. The third kappa shape index (κ3) is 4.22. The normalized spacial score (nSPS) is 23.1. The third-order valence-electron chi connectivity index (χ3n) is 4.98. The van der Waals surface area contributed by atoms with Gasteiger partial charge in [-0.1, -0.05) is 51.1 Å². The topological polar surface area (TPSA) is 47.6 Å². The molecule has 1 aliphatic heterocycles. The Morgan fingerprint density at radius 3 is 2.35 bits per heavy atom. The van der Waals surface area contributed by atoms with Crippen LogP contribution >= 0.6 is 0 Å². The molecule has 0 saturated carbocycles. The van der Waals surface area contributed by atoms with Crippen LogP contribution < -0.4 is 5.32 Å². The van der Waals surface area contributed by atoms with Crippen LogP contribution in [0.2, 0.25) is 18.1 Å². The average molecular weight is 336 g/mol. The molecule has 3 atom stereocenters. The Kier molecular flexibility index (Phi) is 5.33. The molecule has 5 heteroatoms. The number of nitrogens with one attached hydrogen (secondary N) is 1. The minimum absolute atomic E-state index is 0.0225. The summed E-state index contributed by atoms with van der Waals surface area (Å²) in [7, 11) is -1.89. The van der Waals surface area contributed by atoms with Crippen LogP contribution in [0.25, 0.3) is 0 Å². The van der Waals surface area contributed by atoms with Gasteiger partial charge >= 0.3 is 0 Å². The number of ether oxygens (including phenoxy) is 1. The Morgan fingerprint density at radius 2 is 1.83 bits per heavy atom. The van der Waals surface area contributed by atoms with Crippen molar-refractivity contribution in [2.24, 2.45) is 5.92 Å². The Bertz CT molecular complexity index is 539. The smallest absolute Gasteiger partial charge is 0.232 e. The molecule has 128 valence electrons. The number of amides is 1. The van der Waals surface area contributed by atoms with Crippen molar-refractivity contribution in [1.82, 2.24) is 5.32 Å². The maximum atomic E-state index is 12.0. The fraction of sp³-hybridized carbons (Fsp3) is 0.611. The van der Waals surface area contributed by atoms with E-state index in [0.717, 1.165) is 5.56 Å². The Morgan fingerprint density at radius 1 is 1.22 bits per heavy atom. The van der Waals surface area contributed by atoms with Gasteiger partial charge in [0.05, 0.1) is 12.7 Å². The molecule has 0 spiro atoms. The maximum Gasteiger partial charge on any atom is 0.232 e. The first-order valence-corrected chi connectivity index (χ1v) is 11.2. The van der Waals surface area contributed by atoms with Crippen LogP contribution in [-0.4, -0.2) is 26.6 Å². The molecule has 1 aromatic rings. The standard InChI is InChI=1S/C18H29NO3Si/c1-13(22-23(5,6)18(2,3)4)15-16(20)19-17(15)21-12-14-10-8-7-9-11-14/h7-11,13,15,17H,12H2,1-6H3,(H,19,20)/t13-,15-,17-/m1/s1. The number of carbonyl (C=O) groups excluding carboxylic acids is 1. The fourth-order valence-electron chi connectivity index (χ4n) is 2.45. The summed E-state index contributed by atoms with van der Waals surface area (Å²) in [6.07, 6.45) is -0.395. The van der Waals surface area contributed by atoms with E-state index in [9.17, 15) is 4.79 Å². The molecule has 1 fully saturated rings. The molecule has 1 N–H and O–H groups in total. The minimum Gasteiger partial charge on any atom is -0.413 e. The van der Waals surface area contributed by atoms with E-state index in [1.807, 2.05) is 37.3 Å². The predicted octanol–water partition coefficient (Wildman–Crippen LogP) is 3.69. The number of rotatable bonds is 6. The van der Waals surface area contributed by atoms with E-state index in [-0.39, 0.29) is 29.2 Å². The molecule has 1 aliphatic rings. The molecule has 0 aliphatic carbocycles. The van der Waals surface area contributed by atoms with Gasteiger partial charge in [-0.15, -0.1) is 0 Å². The first-order valence-electron chi connectivity index (χ1n) is 8.25. The quantitative estimate of drug-likeness (QED) is 0.637. The lowest BCUT2D eigenvalue weighted by atomic mass is 9.93. The van der Waals surface area contributed by atoms with Crippen LogP contribution in [0.4, 0.5) is 0 Å². The zero-order chi connectivity index (χ0) is 17.3. The molecule has 0 radical (unpaired) electrons. The van der Waals surface area contributed by atoms with Gasteiger partial charge in [-0.05, 0) is 30.6 Å². The molecular formula is C18H29NO3Si. The Hall–Kier alpha value is -1.17. The molecule has 0 aromatic heterocycles. The summed E-state index contributed by atoms with van der Waals surface area (Å²) in [6.45, 7) is 13.5. The van der Waals surface area contributed by atoms with Crippen molar-refractivity contribution in [2.45, 2.75) is 64.8 Å². The van der Waals surface area contributed by atoms with Crippen molar-refractivity contribution in [3.8, 4) is 0 Å². The third-order valence-corrected chi connectivity index (χ3v) is 9.55. The van der Waals surface area contributed by atoms with Crippen molar-refractivity contribution >= 4 is 14.2 Å². The zero-order valence-corrected chi connectivity index (χ0v) is 16.1. The summed E-state index contributed by atoms with van der Waals surface area (Å²) < 4.78 is 12.2. The lowest BCUT2D eigenvalue weighted by molar-refractivity contribution is -0.163. The molecule has 23 heavy (non-hydrogen) atoms. The highest BCUT2D eigenvalue weighted by Gasteiger charge is 2.48. The van der Waals surface area contributed by atoms with E-state index in [0.29, 0.717) is 6.61 Å². The first-order chi connectivity index (χ1) is 10.6. The van der Waals surface area contributed by atoms with Crippen LogP contribution in [0.5, 0.6) is 0 Å². The fourth-order valence-corrected chi connectivity index (χ4v) is 3.88. The molecule has 1 heterocycles. The molecule has 1 saturated heterocycles. The molecule has 1 aromatic carbocycles. The van der Waals surface area contributed by atoms with Crippen molar-refractivity contribution in [1.29, 1.82) is 0 Å². The summed E-state index contributed by atoms with van der Waals surface area (Å²) >= 11 is 0. The first kappa shape index (κ1) is 18.2. The van der Waals surface area contributed by atoms with Crippen LogP contribution in [0.3, 0.4) is 0 Å². The average Bonchev–Trinajstić information content (AvgIpc) is 2.42. The second kappa shape index (κ2) is 6.75. The van der Waals surface area contributed by atoms with Gasteiger partial charge in [-0.3, -0.25) is 4.79 Å². The van der Waals surface area contributed by atoms with Gasteiger partial charge in [0.2, 0.25) is 5.91 Å². The summed E-state index contributed by atoms with van der Waals surface area (Å²) in [5, 5.41) is 2.97. The highest BCUT2D eigenvalue weighted by molar-refractivity contribution is 6.74. The highest BCUT2D eigenvalue weighted by Crippen LogP contribution is 2.39. The number of benzene rings is 1. The van der Waals surface area contributed by atoms with E-state index in [4.69, 9.17) is 9.16 Å². The van der Waals surface area contributed by atoms with Gasteiger partial charge in [0.15, 0.2) is 8.32 Å². The molecule has 0 bridgehead atoms. The molecule has 0 unspecified atom stereocenters. The van der Waals surface area contributed by atoms with Gasteiger partial charge in [0, 0.05) is 0 Å². The lowest BCUT2D eigenvalue weighted by Gasteiger charge is -2.45. The lowest BCUT2D eigenvalue weighted by Crippen LogP contribution is -2.64. The van der Waals surface area contributed by atoms with Crippen LogP contribution in [0.15, 0.2) is 30.3 Å². The molecule has 4 nitrogen and oxygen atoms in total. The monoisotopic (exact) mass is 335 g/mol. The largest absolute Gasteiger partial charge is 0.413 e. The van der Waals surface area contributed by atoms with Crippen molar-refractivity contribution < 1.29 is 14.0 Å². The number of hydrogen-bond donors (Lipinski definition) is 1. The highest BCUT2D eigenvalue weighted by atomic mass is 28.4. The minimum atomic E-state index is -1.89. The number of hydrogen-bond acceptors (Lipinski definition) is 3. The van der Waals surface area contributed by atoms with Gasteiger partial charge in [0.1, 0.15) is 12.1 Å². The van der Waals surface area contributed by atoms with Gasteiger partial charge in [-0.2, -0.15) is 0 Å². The van der Waals surface area contributed by atoms with Crippen LogP contribution in [-0.2, 0) is 20.6 Å². The van der Waals surface area contributed by atoms with E-state index in [1.54, 1.807) is 0 Å². The summed E-state index contributed by atoms with van der Waals surface area (Å²) in [6, 6.07) is 9.99. The second-order valence-corrected chi connectivity index (χ2v) is 12.6. The molecule has 1 amide bonds. The van der Waals surface area contributed by atoms with Crippen molar-refractivity contribution in [2.75, 3.05) is 0 Å². The van der Waals surface area contributed by atoms with E-state index in [1.165, 1.54) is 0 Å². The van der Waals surface area contributed by atoms with Crippen molar-refractivity contribution in [3.05, 3.63) is 35.9 Å². The van der Waals surface area contributed by atoms with Crippen LogP contribution in [0, 0.1) is 5.92 Å². The SMILES string of the molecule is C[C@@H](O[Si](C)(C)C(C)(C)C)[C@@H]1C(=O)N[C@@H]1OCc1ccccc1. The summed E-state index contributed by atoms with van der Waals surface area (Å²) in [4.78, 5) is 12.0. The van der Waals surface area contributed by atoms with Gasteiger partial charge in [-0.25, -0.2) is 0 Å². The molecule has 2 rings (SSSR count). The number of carbonyl (C=O) groups is 1. The summed E-state index contributed by atoms with van der Waals surface area (Å²) in [5.74, 6) is -0.206. The second-order valence-electron chi connectivity index (χ2n) is 7.83.